The van der Waals surface area contributed by atoms with Crippen LogP contribution in [0.15, 0.2) is 150 Å². The van der Waals surface area contributed by atoms with E-state index in [-0.39, 0.29) is 5.41 Å². The van der Waals surface area contributed by atoms with Crippen LogP contribution in [0.1, 0.15) is 25.0 Å². The molecule has 0 amide bonds. The third-order valence-electron chi connectivity index (χ3n) is 9.49. The number of para-hydroxylation sites is 1. The lowest BCUT2D eigenvalue weighted by Gasteiger charge is -2.21. The van der Waals surface area contributed by atoms with E-state index in [0.717, 1.165) is 50.4 Å². The van der Waals surface area contributed by atoms with E-state index in [4.69, 9.17) is 14.4 Å². The molecule has 0 spiro atoms. The second kappa shape index (κ2) is 10.1. The van der Waals surface area contributed by atoms with Crippen molar-refractivity contribution in [2.24, 2.45) is 0 Å². The number of benzene rings is 6. The van der Waals surface area contributed by atoms with Gasteiger partial charge in [0.15, 0.2) is 5.82 Å². The van der Waals surface area contributed by atoms with Gasteiger partial charge in [-0.3, -0.25) is 0 Å². The van der Waals surface area contributed by atoms with Crippen LogP contribution in [-0.2, 0) is 5.41 Å². The maximum absolute atomic E-state index is 6.31. The van der Waals surface area contributed by atoms with Crippen molar-refractivity contribution in [1.82, 2.24) is 9.97 Å². The molecular weight excluding hydrogens is 560 g/mol. The quantitative estimate of drug-likeness (QED) is 0.205. The molecule has 218 valence electrons. The van der Waals surface area contributed by atoms with Gasteiger partial charge in [-0.15, -0.1) is 0 Å². The van der Waals surface area contributed by atoms with E-state index in [2.05, 4.69) is 111 Å². The lowest BCUT2D eigenvalue weighted by Crippen LogP contribution is -2.14. The maximum atomic E-state index is 6.31. The van der Waals surface area contributed by atoms with Crippen molar-refractivity contribution >= 4 is 21.9 Å². The van der Waals surface area contributed by atoms with E-state index >= 15 is 0 Å². The van der Waals surface area contributed by atoms with E-state index in [9.17, 15) is 0 Å². The summed E-state index contributed by atoms with van der Waals surface area (Å²) < 4.78 is 6.31. The fourth-order valence-corrected chi connectivity index (χ4v) is 7.08. The molecule has 46 heavy (non-hydrogen) atoms. The van der Waals surface area contributed by atoms with Crippen molar-refractivity contribution in [3.05, 3.63) is 157 Å². The van der Waals surface area contributed by atoms with Crippen LogP contribution in [0.2, 0.25) is 0 Å². The van der Waals surface area contributed by atoms with Gasteiger partial charge in [0.2, 0.25) is 0 Å². The first-order valence-corrected chi connectivity index (χ1v) is 15.7. The highest BCUT2D eigenvalue weighted by Crippen LogP contribution is 2.51. The van der Waals surface area contributed by atoms with Crippen molar-refractivity contribution in [2.45, 2.75) is 19.3 Å². The zero-order valence-electron chi connectivity index (χ0n) is 25.7. The Morgan fingerprint density at radius 3 is 1.78 bits per heavy atom. The molecule has 0 radical (unpaired) electrons. The molecule has 1 aliphatic carbocycles. The van der Waals surface area contributed by atoms with Crippen LogP contribution in [0, 0.1) is 0 Å². The summed E-state index contributed by atoms with van der Waals surface area (Å²) in [5.41, 5.74) is 14.2. The lowest BCUT2D eigenvalue weighted by molar-refractivity contribution is 0.658. The second-order valence-corrected chi connectivity index (χ2v) is 12.7. The Kier molecular flexibility index (Phi) is 5.85. The number of aromatic nitrogens is 2. The molecule has 2 heterocycles. The van der Waals surface area contributed by atoms with Gasteiger partial charge < -0.3 is 4.42 Å². The number of nitrogens with zero attached hydrogens (tertiary/aromatic N) is 2. The number of hydrogen-bond acceptors (Lipinski definition) is 3. The zero-order valence-corrected chi connectivity index (χ0v) is 25.7. The van der Waals surface area contributed by atoms with Crippen LogP contribution in [0.5, 0.6) is 0 Å². The highest BCUT2D eigenvalue weighted by atomic mass is 16.3. The second-order valence-electron chi connectivity index (χ2n) is 12.7. The van der Waals surface area contributed by atoms with Crippen LogP contribution in [0.3, 0.4) is 0 Å². The van der Waals surface area contributed by atoms with Crippen molar-refractivity contribution in [1.29, 1.82) is 0 Å². The van der Waals surface area contributed by atoms with Crippen LogP contribution in [0.4, 0.5) is 0 Å². The lowest BCUT2D eigenvalue weighted by atomic mass is 9.81. The number of rotatable bonds is 4. The first-order chi connectivity index (χ1) is 22.5. The topological polar surface area (TPSA) is 38.9 Å². The Morgan fingerprint density at radius 1 is 0.435 bits per heavy atom. The molecule has 9 rings (SSSR count). The summed E-state index contributed by atoms with van der Waals surface area (Å²) in [7, 11) is 0. The van der Waals surface area contributed by atoms with Gasteiger partial charge in [-0.1, -0.05) is 123 Å². The van der Waals surface area contributed by atoms with E-state index in [1.165, 1.54) is 33.0 Å². The van der Waals surface area contributed by atoms with E-state index < -0.39 is 0 Å². The fourth-order valence-electron chi connectivity index (χ4n) is 7.08. The van der Waals surface area contributed by atoms with Gasteiger partial charge >= 0.3 is 0 Å². The van der Waals surface area contributed by atoms with Crippen LogP contribution in [0.25, 0.3) is 78.1 Å². The summed E-state index contributed by atoms with van der Waals surface area (Å²) in [6.45, 7) is 4.65. The summed E-state index contributed by atoms with van der Waals surface area (Å²) >= 11 is 0. The number of fused-ring (bicyclic) bond motifs is 6. The molecule has 0 N–H and O–H groups in total. The molecule has 0 saturated carbocycles. The van der Waals surface area contributed by atoms with Gasteiger partial charge in [0.05, 0.1) is 11.4 Å². The first kappa shape index (κ1) is 26.6. The molecule has 0 bridgehead atoms. The van der Waals surface area contributed by atoms with E-state index in [0.29, 0.717) is 5.82 Å². The standard InChI is InChI=1S/C43H30N2O/c1-43(2)36-21-20-30(23-33(36)34-25-41-35(24-37(34)43)32-18-9-10-19-40(32)46-41)29-16-11-17-31(22-29)42-44-38(27-12-5-3-6-13-27)26-39(45-42)28-14-7-4-8-15-28/h3-26H,1-2H3. The molecule has 0 saturated heterocycles. The predicted molar refractivity (Wildman–Crippen MR) is 189 cm³/mol. The third kappa shape index (κ3) is 4.20. The van der Waals surface area contributed by atoms with Crippen molar-refractivity contribution in [3.63, 3.8) is 0 Å². The summed E-state index contributed by atoms with van der Waals surface area (Å²) in [6.07, 6.45) is 0. The summed E-state index contributed by atoms with van der Waals surface area (Å²) in [4.78, 5) is 10.1. The number of furan rings is 1. The van der Waals surface area contributed by atoms with Gasteiger partial charge in [-0.2, -0.15) is 0 Å². The SMILES string of the molecule is CC1(C)c2ccc(-c3cccc(-c4nc(-c5ccccc5)cc(-c5ccccc5)n4)c3)cc2-c2cc3oc4ccccc4c3cc21. The molecule has 0 fully saturated rings. The van der Waals surface area contributed by atoms with Gasteiger partial charge in [-0.25, -0.2) is 9.97 Å². The van der Waals surface area contributed by atoms with Gasteiger partial charge in [0.1, 0.15) is 11.2 Å². The van der Waals surface area contributed by atoms with E-state index in [1.807, 2.05) is 48.5 Å². The summed E-state index contributed by atoms with van der Waals surface area (Å²) in [5, 5.41) is 2.34. The monoisotopic (exact) mass is 590 g/mol. The summed E-state index contributed by atoms with van der Waals surface area (Å²) in [5.74, 6) is 0.710. The molecule has 3 nitrogen and oxygen atoms in total. The smallest absolute Gasteiger partial charge is 0.160 e. The highest BCUT2D eigenvalue weighted by molar-refractivity contribution is 6.07. The van der Waals surface area contributed by atoms with Crippen molar-refractivity contribution in [3.8, 4) is 56.2 Å². The highest BCUT2D eigenvalue weighted by Gasteiger charge is 2.36. The Bertz CT molecular complexity index is 2380. The minimum Gasteiger partial charge on any atom is -0.456 e. The first-order valence-electron chi connectivity index (χ1n) is 15.7. The molecule has 2 aromatic heterocycles. The Hall–Kier alpha value is -5.80. The molecular formula is C43H30N2O. The largest absolute Gasteiger partial charge is 0.456 e. The molecule has 0 atom stereocenters. The Morgan fingerprint density at radius 2 is 1.04 bits per heavy atom. The Labute approximate surface area is 267 Å². The van der Waals surface area contributed by atoms with Crippen LogP contribution in [-0.4, -0.2) is 9.97 Å². The van der Waals surface area contributed by atoms with Crippen LogP contribution >= 0.6 is 0 Å². The van der Waals surface area contributed by atoms with Crippen molar-refractivity contribution in [2.75, 3.05) is 0 Å². The molecule has 3 heteroatoms. The van der Waals surface area contributed by atoms with E-state index in [1.54, 1.807) is 0 Å². The predicted octanol–water partition coefficient (Wildman–Crippen LogP) is 11.4. The van der Waals surface area contributed by atoms with Gasteiger partial charge in [-0.05, 0) is 69.8 Å². The summed E-state index contributed by atoms with van der Waals surface area (Å²) in [6, 6.07) is 51.1. The fraction of sp³-hybridized carbons (Fsp3) is 0.0698. The molecule has 1 aliphatic rings. The third-order valence-corrected chi connectivity index (χ3v) is 9.49. The minimum atomic E-state index is -0.114. The maximum Gasteiger partial charge on any atom is 0.160 e. The molecule has 8 aromatic rings. The molecule has 0 aliphatic heterocycles. The van der Waals surface area contributed by atoms with Gasteiger partial charge in [0.25, 0.3) is 0 Å². The molecule has 6 aromatic carbocycles. The Balaban J connectivity index is 1.16. The van der Waals surface area contributed by atoms with Crippen molar-refractivity contribution < 1.29 is 4.42 Å². The zero-order chi connectivity index (χ0) is 30.8. The minimum absolute atomic E-state index is 0.114. The average Bonchev–Trinajstić information content (AvgIpc) is 3.59. The average molecular weight is 591 g/mol. The number of hydrogen-bond donors (Lipinski definition) is 0. The van der Waals surface area contributed by atoms with Gasteiger partial charge in [0, 0.05) is 32.9 Å². The normalized spacial score (nSPS) is 13.2. The van der Waals surface area contributed by atoms with Crippen LogP contribution < -0.4 is 0 Å². The molecule has 0 unspecified atom stereocenters.